The van der Waals surface area contributed by atoms with Gasteiger partial charge in [-0.2, -0.15) is 0 Å². The first kappa shape index (κ1) is 11.0. The zero-order valence-corrected chi connectivity index (χ0v) is 8.96. The van der Waals surface area contributed by atoms with Crippen molar-refractivity contribution in [3.05, 3.63) is 23.9 Å². The molecule has 78 valence electrons. The van der Waals surface area contributed by atoms with Gasteiger partial charge in [0, 0.05) is 12.2 Å². The van der Waals surface area contributed by atoms with Crippen molar-refractivity contribution in [2.45, 2.75) is 32.2 Å². The van der Waals surface area contributed by atoms with Gasteiger partial charge < -0.3 is 11.1 Å². The van der Waals surface area contributed by atoms with Crippen LogP contribution in [0.4, 0.5) is 5.82 Å². The number of pyridine rings is 1. The number of rotatable bonds is 5. The predicted octanol–water partition coefficient (Wildman–Crippen LogP) is 1.59. The third-order valence-electron chi connectivity index (χ3n) is 2.59. The van der Waals surface area contributed by atoms with Crippen LogP contribution >= 0.6 is 0 Å². The van der Waals surface area contributed by atoms with E-state index in [0.29, 0.717) is 11.9 Å². The number of nitrogen functional groups attached to an aromatic ring is 1. The Hall–Kier alpha value is -1.09. The van der Waals surface area contributed by atoms with Gasteiger partial charge in [0.05, 0.1) is 0 Å². The minimum Gasteiger partial charge on any atom is -0.383 e. The summed E-state index contributed by atoms with van der Waals surface area (Å²) in [6.45, 7) is 2.19. The summed E-state index contributed by atoms with van der Waals surface area (Å²) in [4.78, 5) is 4.07. The van der Waals surface area contributed by atoms with Gasteiger partial charge in [-0.25, -0.2) is 4.98 Å². The Labute approximate surface area is 85.7 Å². The van der Waals surface area contributed by atoms with Crippen LogP contribution < -0.4 is 11.1 Å². The lowest BCUT2D eigenvalue weighted by Crippen LogP contribution is -2.24. The number of hydrogen-bond donors (Lipinski definition) is 2. The van der Waals surface area contributed by atoms with Gasteiger partial charge >= 0.3 is 0 Å². The number of nitrogens with zero attached hydrogens (tertiary/aromatic N) is 1. The lowest BCUT2D eigenvalue weighted by molar-refractivity contribution is 0.509. The van der Waals surface area contributed by atoms with Gasteiger partial charge in [-0.15, -0.1) is 0 Å². The fraction of sp³-hybridized carbons (Fsp3) is 0.545. The number of aryl methyl sites for hydroxylation is 1. The van der Waals surface area contributed by atoms with E-state index >= 15 is 0 Å². The number of nitrogens with two attached hydrogens (primary N) is 1. The fourth-order valence-corrected chi connectivity index (χ4v) is 1.54. The summed E-state index contributed by atoms with van der Waals surface area (Å²) in [5.41, 5.74) is 6.91. The third kappa shape index (κ3) is 3.00. The van der Waals surface area contributed by atoms with Crippen LogP contribution in [0.5, 0.6) is 0 Å². The largest absolute Gasteiger partial charge is 0.383 e. The Balaban J connectivity index is 2.49. The molecule has 3 heteroatoms. The third-order valence-corrected chi connectivity index (χ3v) is 2.59. The number of hydrogen-bond acceptors (Lipinski definition) is 3. The number of aromatic nitrogens is 1. The van der Waals surface area contributed by atoms with Crippen LogP contribution in [0.2, 0.25) is 0 Å². The highest BCUT2D eigenvalue weighted by Gasteiger charge is 2.05. The lowest BCUT2D eigenvalue weighted by Gasteiger charge is -2.13. The maximum atomic E-state index is 5.76. The molecule has 0 spiro atoms. The Kier molecular flexibility index (Phi) is 4.40. The number of anilines is 1. The van der Waals surface area contributed by atoms with Crippen molar-refractivity contribution in [2.24, 2.45) is 0 Å². The molecule has 0 radical (unpaired) electrons. The van der Waals surface area contributed by atoms with Crippen LogP contribution in [-0.2, 0) is 6.42 Å². The molecule has 14 heavy (non-hydrogen) atoms. The molecular formula is C11H19N3. The Morgan fingerprint density at radius 2 is 2.36 bits per heavy atom. The summed E-state index contributed by atoms with van der Waals surface area (Å²) < 4.78 is 0. The molecule has 0 saturated heterocycles. The van der Waals surface area contributed by atoms with Crippen molar-refractivity contribution in [1.82, 2.24) is 10.3 Å². The highest BCUT2D eigenvalue weighted by atomic mass is 14.9. The number of nitrogens with one attached hydrogen (secondary N) is 1. The van der Waals surface area contributed by atoms with Gasteiger partial charge in [0.25, 0.3) is 0 Å². The Morgan fingerprint density at radius 1 is 1.57 bits per heavy atom. The maximum absolute atomic E-state index is 5.76. The highest BCUT2D eigenvalue weighted by Crippen LogP contribution is 2.11. The summed E-state index contributed by atoms with van der Waals surface area (Å²) in [7, 11) is 2.00. The second kappa shape index (κ2) is 5.60. The molecule has 0 fully saturated rings. The van der Waals surface area contributed by atoms with E-state index in [0.717, 1.165) is 24.8 Å². The van der Waals surface area contributed by atoms with Crippen molar-refractivity contribution in [2.75, 3.05) is 12.8 Å². The molecule has 0 bridgehead atoms. The maximum Gasteiger partial charge on any atom is 0.126 e. The van der Waals surface area contributed by atoms with Gasteiger partial charge in [0.1, 0.15) is 5.82 Å². The summed E-state index contributed by atoms with van der Waals surface area (Å²) in [5, 5.41) is 3.28. The fourth-order valence-electron chi connectivity index (χ4n) is 1.54. The van der Waals surface area contributed by atoms with Gasteiger partial charge in [0.2, 0.25) is 0 Å². The second-order valence-corrected chi connectivity index (χ2v) is 3.48. The summed E-state index contributed by atoms with van der Waals surface area (Å²) >= 11 is 0. The first-order valence-electron chi connectivity index (χ1n) is 5.14. The van der Waals surface area contributed by atoms with E-state index < -0.39 is 0 Å². The quantitative estimate of drug-likeness (QED) is 0.746. The monoisotopic (exact) mass is 193 g/mol. The topological polar surface area (TPSA) is 50.9 Å². The molecule has 1 aromatic heterocycles. The molecule has 0 aliphatic rings. The van der Waals surface area contributed by atoms with Crippen molar-refractivity contribution in [3.8, 4) is 0 Å². The summed E-state index contributed by atoms with van der Waals surface area (Å²) in [6, 6.07) is 4.56. The van der Waals surface area contributed by atoms with E-state index in [1.165, 1.54) is 0 Å². The van der Waals surface area contributed by atoms with E-state index in [1.807, 2.05) is 19.2 Å². The summed E-state index contributed by atoms with van der Waals surface area (Å²) in [5.74, 6) is 0.665. The molecule has 1 rings (SSSR count). The average molecular weight is 193 g/mol. The lowest BCUT2D eigenvalue weighted by atomic mass is 10.0. The van der Waals surface area contributed by atoms with Crippen LogP contribution in [0.1, 0.15) is 25.3 Å². The molecule has 1 unspecified atom stereocenters. The van der Waals surface area contributed by atoms with E-state index in [2.05, 4.69) is 17.2 Å². The normalized spacial score (nSPS) is 12.7. The molecule has 0 amide bonds. The molecule has 3 nitrogen and oxygen atoms in total. The predicted molar refractivity (Wildman–Crippen MR) is 60.1 cm³/mol. The molecule has 0 aromatic carbocycles. The molecule has 1 aromatic rings. The van der Waals surface area contributed by atoms with Crippen LogP contribution in [0.25, 0.3) is 0 Å². The smallest absolute Gasteiger partial charge is 0.126 e. The van der Waals surface area contributed by atoms with Gasteiger partial charge in [-0.1, -0.05) is 13.0 Å². The van der Waals surface area contributed by atoms with E-state index in [4.69, 9.17) is 5.73 Å². The summed E-state index contributed by atoms with van der Waals surface area (Å²) in [6.07, 6.45) is 4.99. The standard InChI is InChI=1S/C11H19N3/c1-3-10(13-2)7-6-9-5-4-8-14-11(9)12/h4-5,8,10,13H,3,6-7H2,1-2H3,(H2,12,14). The van der Waals surface area contributed by atoms with Crippen LogP contribution in [0.3, 0.4) is 0 Å². The van der Waals surface area contributed by atoms with Gasteiger partial charge in [-0.3, -0.25) is 0 Å². The SMILES string of the molecule is CCC(CCc1cccnc1N)NC. The highest BCUT2D eigenvalue weighted by molar-refractivity contribution is 5.38. The van der Waals surface area contributed by atoms with E-state index in [9.17, 15) is 0 Å². The first-order valence-corrected chi connectivity index (χ1v) is 5.14. The first-order chi connectivity index (χ1) is 6.77. The molecule has 3 N–H and O–H groups in total. The van der Waals surface area contributed by atoms with Crippen molar-refractivity contribution in [1.29, 1.82) is 0 Å². The van der Waals surface area contributed by atoms with E-state index in [1.54, 1.807) is 6.20 Å². The van der Waals surface area contributed by atoms with Gasteiger partial charge in [0.15, 0.2) is 0 Å². The molecule has 1 atom stereocenters. The van der Waals surface area contributed by atoms with Crippen molar-refractivity contribution < 1.29 is 0 Å². The zero-order chi connectivity index (χ0) is 10.4. The molecule has 1 heterocycles. The van der Waals surface area contributed by atoms with Crippen LogP contribution in [0, 0.1) is 0 Å². The zero-order valence-electron chi connectivity index (χ0n) is 8.96. The molecule has 0 aliphatic carbocycles. The van der Waals surface area contributed by atoms with Crippen molar-refractivity contribution >= 4 is 5.82 Å². The molecule has 0 saturated carbocycles. The van der Waals surface area contributed by atoms with Gasteiger partial charge in [-0.05, 0) is 37.9 Å². The van der Waals surface area contributed by atoms with Crippen LogP contribution in [0.15, 0.2) is 18.3 Å². The van der Waals surface area contributed by atoms with E-state index in [-0.39, 0.29) is 0 Å². The second-order valence-electron chi connectivity index (χ2n) is 3.48. The van der Waals surface area contributed by atoms with Crippen molar-refractivity contribution in [3.63, 3.8) is 0 Å². The molecular weight excluding hydrogens is 174 g/mol. The minimum absolute atomic E-state index is 0.578. The van der Waals surface area contributed by atoms with Crippen LogP contribution in [-0.4, -0.2) is 18.1 Å². The molecule has 0 aliphatic heterocycles. The average Bonchev–Trinajstić information content (AvgIpc) is 2.22. The Bertz CT molecular complexity index is 269. The minimum atomic E-state index is 0.578. The Morgan fingerprint density at radius 3 is 2.93 bits per heavy atom.